The fourth-order valence-corrected chi connectivity index (χ4v) is 5.56. The molecule has 4 bridgehead atoms. The van der Waals surface area contributed by atoms with Crippen LogP contribution in [0.2, 0.25) is 0 Å². The van der Waals surface area contributed by atoms with Crippen LogP contribution in [-0.4, -0.2) is 30.4 Å². The molecule has 0 aliphatic heterocycles. The van der Waals surface area contributed by atoms with Crippen molar-refractivity contribution in [2.24, 2.45) is 23.7 Å². The molecule has 1 atom stereocenters. The molecule has 3 N–H and O–H groups in total. The van der Waals surface area contributed by atoms with Gasteiger partial charge in [-0.3, -0.25) is 0 Å². The fourth-order valence-electron chi connectivity index (χ4n) is 5.56. The van der Waals surface area contributed by atoms with E-state index in [4.69, 9.17) is 4.74 Å². The summed E-state index contributed by atoms with van der Waals surface area (Å²) in [4.78, 5) is 0. The minimum atomic E-state index is -0.381. The van der Waals surface area contributed by atoms with Crippen molar-refractivity contribution in [1.82, 2.24) is 0 Å². The largest absolute Gasteiger partial charge is 0.491 e. The lowest BCUT2D eigenvalue weighted by molar-refractivity contribution is -0.713. The molecule has 1 aromatic rings. The van der Waals surface area contributed by atoms with E-state index >= 15 is 0 Å². The van der Waals surface area contributed by atoms with Crippen molar-refractivity contribution in [2.45, 2.75) is 51.2 Å². The van der Waals surface area contributed by atoms with E-state index in [0.29, 0.717) is 6.61 Å². The Balaban J connectivity index is 1.24. The van der Waals surface area contributed by atoms with E-state index in [1.807, 2.05) is 24.3 Å². The molecule has 0 spiro atoms. The first kappa shape index (κ1) is 15.5. The third-order valence-corrected chi connectivity index (χ3v) is 6.44. The Morgan fingerprint density at radius 1 is 1.04 bits per heavy atom. The van der Waals surface area contributed by atoms with Crippen molar-refractivity contribution < 1.29 is 15.2 Å². The Labute approximate surface area is 139 Å². The summed E-state index contributed by atoms with van der Waals surface area (Å²) in [5.74, 6) is 4.73. The summed E-state index contributed by atoms with van der Waals surface area (Å²) >= 11 is 0. The fraction of sp³-hybridized carbons (Fsp3) is 0.700. The number of benzene rings is 1. The van der Waals surface area contributed by atoms with Gasteiger partial charge in [0.05, 0.1) is 6.04 Å². The molecular weight excluding hydrogens is 286 g/mol. The summed E-state index contributed by atoms with van der Waals surface area (Å²) in [7, 11) is 0. The van der Waals surface area contributed by atoms with E-state index < -0.39 is 0 Å². The summed E-state index contributed by atoms with van der Waals surface area (Å²) in [6.07, 6.45) is 6.92. The number of nitrogens with two attached hydrogens (primary N) is 1. The van der Waals surface area contributed by atoms with Crippen LogP contribution in [0.5, 0.6) is 5.75 Å². The molecule has 0 radical (unpaired) electrons. The topological polar surface area (TPSA) is 46.1 Å². The molecule has 4 aliphatic rings. The minimum absolute atomic E-state index is 0.381. The lowest BCUT2D eigenvalue weighted by Gasteiger charge is -2.52. The molecule has 3 nitrogen and oxygen atoms in total. The van der Waals surface area contributed by atoms with Crippen molar-refractivity contribution in [1.29, 1.82) is 0 Å². The second kappa shape index (κ2) is 6.45. The maximum atomic E-state index is 10.3. The number of hydrogen-bond acceptors (Lipinski definition) is 2. The number of hydrogen-bond donors (Lipinski definition) is 2. The van der Waals surface area contributed by atoms with E-state index in [9.17, 15) is 5.11 Å². The van der Waals surface area contributed by atoms with Gasteiger partial charge in [0.25, 0.3) is 0 Å². The molecule has 0 aromatic heterocycles. The van der Waals surface area contributed by atoms with E-state index in [0.717, 1.165) is 42.0 Å². The van der Waals surface area contributed by atoms with Crippen molar-refractivity contribution >= 4 is 0 Å². The lowest BCUT2D eigenvalue weighted by atomic mass is 9.54. The van der Waals surface area contributed by atoms with Crippen LogP contribution in [0.15, 0.2) is 24.3 Å². The molecule has 0 saturated heterocycles. The summed E-state index contributed by atoms with van der Waals surface area (Å²) in [6, 6.07) is 8.80. The van der Waals surface area contributed by atoms with E-state index in [-0.39, 0.29) is 6.10 Å². The molecule has 126 valence electrons. The van der Waals surface area contributed by atoms with Crippen molar-refractivity contribution in [3.63, 3.8) is 0 Å². The van der Waals surface area contributed by atoms with Crippen LogP contribution in [-0.2, 0) is 0 Å². The molecule has 23 heavy (non-hydrogen) atoms. The van der Waals surface area contributed by atoms with Gasteiger partial charge in [0.1, 0.15) is 25.0 Å². The molecule has 5 rings (SSSR count). The van der Waals surface area contributed by atoms with Gasteiger partial charge in [0, 0.05) is 11.8 Å². The summed E-state index contributed by atoms with van der Waals surface area (Å²) in [5.41, 5.74) is 1.23. The second-order valence-corrected chi connectivity index (χ2v) is 8.26. The predicted molar refractivity (Wildman–Crippen MR) is 90.3 cm³/mol. The van der Waals surface area contributed by atoms with E-state index in [1.165, 1.54) is 37.7 Å². The van der Waals surface area contributed by atoms with Gasteiger partial charge in [0.15, 0.2) is 0 Å². The summed E-state index contributed by atoms with van der Waals surface area (Å²) < 4.78 is 5.71. The van der Waals surface area contributed by atoms with Gasteiger partial charge in [-0.25, -0.2) is 0 Å². The number of aliphatic hydroxyl groups is 1. The first-order chi connectivity index (χ1) is 11.2. The Kier molecular flexibility index (Phi) is 4.33. The van der Waals surface area contributed by atoms with Crippen molar-refractivity contribution in [2.75, 3.05) is 13.2 Å². The van der Waals surface area contributed by atoms with Crippen LogP contribution in [0, 0.1) is 30.6 Å². The zero-order valence-corrected chi connectivity index (χ0v) is 14.2. The van der Waals surface area contributed by atoms with Gasteiger partial charge in [-0.1, -0.05) is 17.7 Å². The number of aryl methyl sites for hydroxylation is 1. The summed E-state index contributed by atoms with van der Waals surface area (Å²) in [6.45, 7) is 3.24. The zero-order valence-electron chi connectivity index (χ0n) is 14.2. The van der Waals surface area contributed by atoms with Crippen LogP contribution in [0.3, 0.4) is 0 Å². The zero-order chi connectivity index (χ0) is 15.8. The Hall–Kier alpha value is -1.06. The van der Waals surface area contributed by atoms with Crippen molar-refractivity contribution in [3.8, 4) is 5.75 Å². The molecule has 4 fully saturated rings. The summed E-state index contributed by atoms with van der Waals surface area (Å²) in [5, 5.41) is 12.7. The highest BCUT2D eigenvalue weighted by atomic mass is 16.5. The van der Waals surface area contributed by atoms with Crippen LogP contribution in [0.25, 0.3) is 0 Å². The minimum Gasteiger partial charge on any atom is -0.491 e. The predicted octanol–water partition coefficient (Wildman–Crippen LogP) is 2.12. The molecule has 0 amide bonds. The molecule has 3 heteroatoms. The van der Waals surface area contributed by atoms with Gasteiger partial charge < -0.3 is 15.2 Å². The molecule has 4 saturated carbocycles. The molecular formula is C20H30NO2+. The smallest absolute Gasteiger partial charge is 0.137 e. The third kappa shape index (κ3) is 3.41. The maximum Gasteiger partial charge on any atom is 0.137 e. The van der Waals surface area contributed by atoms with Crippen LogP contribution >= 0.6 is 0 Å². The Morgan fingerprint density at radius 2 is 1.65 bits per heavy atom. The van der Waals surface area contributed by atoms with Crippen LogP contribution in [0.1, 0.15) is 37.7 Å². The number of ether oxygens (including phenoxy) is 1. The Morgan fingerprint density at radius 3 is 2.26 bits per heavy atom. The first-order valence-electron chi connectivity index (χ1n) is 9.38. The maximum absolute atomic E-state index is 10.3. The van der Waals surface area contributed by atoms with E-state index in [2.05, 4.69) is 12.2 Å². The average molecular weight is 316 g/mol. The van der Waals surface area contributed by atoms with Crippen molar-refractivity contribution in [3.05, 3.63) is 29.8 Å². The lowest BCUT2D eigenvalue weighted by Crippen LogP contribution is -2.96. The van der Waals surface area contributed by atoms with Gasteiger partial charge in [0.2, 0.25) is 0 Å². The normalized spacial score (nSPS) is 36.2. The molecule has 1 aromatic carbocycles. The number of aliphatic hydroxyl groups excluding tert-OH is 1. The number of rotatable bonds is 6. The third-order valence-electron chi connectivity index (χ3n) is 6.44. The van der Waals surface area contributed by atoms with Gasteiger partial charge in [-0.05, 0) is 63.0 Å². The van der Waals surface area contributed by atoms with Crippen LogP contribution < -0.4 is 10.1 Å². The quantitative estimate of drug-likeness (QED) is 0.844. The van der Waals surface area contributed by atoms with Gasteiger partial charge in [-0.15, -0.1) is 0 Å². The highest BCUT2D eigenvalue weighted by Crippen LogP contribution is 2.52. The SMILES string of the molecule is Cc1ccc(OC[C@@H](O)C[NH2+]C2C3CC4CC(C3)CC2C4)cc1. The van der Waals surface area contributed by atoms with E-state index in [1.54, 1.807) is 0 Å². The second-order valence-electron chi connectivity index (χ2n) is 8.26. The Bertz CT molecular complexity index is 499. The molecule has 0 unspecified atom stereocenters. The first-order valence-corrected chi connectivity index (χ1v) is 9.38. The van der Waals surface area contributed by atoms with Crippen LogP contribution in [0.4, 0.5) is 0 Å². The average Bonchev–Trinajstić information content (AvgIpc) is 2.53. The highest BCUT2D eigenvalue weighted by molar-refractivity contribution is 5.26. The number of quaternary nitrogens is 1. The monoisotopic (exact) mass is 316 g/mol. The molecule has 0 heterocycles. The molecule has 4 aliphatic carbocycles. The van der Waals surface area contributed by atoms with Gasteiger partial charge in [-0.2, -0.15) is 0 Å². The van der Waals surface area contributed by atoms with Gasteiger partial charge >= 0.3 is 0 Å². The highest BCUT2D eigenvalue weighted by Gasteiger charge is 2.50. The standard InChI is InChI=1S/C20H29NO2/c1-13-2-4-19(5-3-13)23-12-18(22)11-21-20-16-7-14-6-15(9-16)10-17(20)8-14/h2-5,14-18,20-22H,6-12H2,1H3/p+1/t14?,15?,16?,17?,18-,20?/m0/s1.